The molecular weight excluding hydrogens is 452 g/mol. The van der Waals surface area contributed by atoms with Crippen molar-refractivity contribution in [2.24, 2.45) is 0 Å². The van der Waals surface area contributed by atoms with Crippen molar-refractivity contribution < 1.29 is 30.0 Å². The molecule has 0 saturated heterocycles. The summed E-state index contributed by atoms with van der Waals surface area (Å²) < 4.78 is 0. The van der Waals surface area contributed by atoms with Crippen LogP contribution in [0.5, 0.6) is 11.5 Å². The van der Waals surface area contributed by atoms with E-state index < -0.39 is 11.6 Å². The molecular formula is C22H27ClN4O6. The van der Waals surface area contributed by atoms with E-state index in [0.717, 1.165) is 0 Å². The van der Waals surface area contributed by atoms with Gasteiger partial charge in [-0.2, -0.15) is 0 Å². The number of aliphatic hydroxyl groups is 2. The largest absolute Gasteiger partial charge is 0.507 e. The molecule has 0 fully saturated rings. The number of carbonyl (C=O) groups excluding carboxylic acids is 2. The number of aliphatic hydroxyl groups excluding tert-OH is 2. The minimum atomic E-state index is -0.558. The number of anilines is 3. The van der Waals surface area contributed by atoms with Gasteiger partial charge in [-0.25, -0.2) is 0 Å². The molecule has 2 aromatic rings. The van der Waals surface area contributed by atoms with Crippen LogP contribution in [-0.4, -0.2) is 84.5 Å². The van der Waals surface area contributed by atoms with Crippen LogP contribution < -0.4 is 20.9 Å². The monoisotopic (exact) mass is 478 g/mol. The van der Waals surface area contributed by atoms with Gasteiger partial charge in [0.25, 0.3) is 0 Å². The number of β-amino-alcohol motifs (C(OH)–C–C–N with tert-alkyl or cyclic N) is 1. The molecule has 11 heteroatoms. The summed E-state index contributed by atoms with van der Waals surface area (Å²) in [7, 11) is 0. The fourth-order valence-electron chi connectivity index (χ4n) is 4.27. The van der Waals surface area contributed by atoms with Gasteiger partial charge in [0.1, 0.15) is 11.5 Å². The minimum absolute atomic E-state index is 0. The maximum atomic E-state index is 13.5. The van der Waals surface area contributed by atoms with Crippen molar-refractivity contribution in [1.29, 1.82) is 0 Å². The molecule has 1 heterocycles. The number of phenolic OH excluding ortho intramolecular Hbond substituents is 2. The van der Waals surface area contributed by atoms with Crippen LogP contribution in [0.15, 0.2) is 18.2 Å². The van der Waals surface area contributed by atoms with Gasteiger partial charge in [0.2, 0.25) is 11.6 Å². The highest BCUT2D eigenvalue weighted by atomic mass is 35.5. The second-order valence-electron chi connectivity index (χ2n) is 7.62. The van der Waals surface area contributed by atoms with Crippen LogP contribution in [0.3, 0.4) is 0 Å². The first-order valence-corrected chi connectivity index (χ1v) is 10.5. The zero-order chi connectivity index (χ0) is 22.8. The lowest BCUT2D eigenvalue weighted by molar-refractivity contribution is 0.0975. The lowest BCUT2D eigenvalue weighted by atomic mass is 9.80. The number of rotatable bonds is 8. The van der Waals surface area contributed by atoms with Gasteiger partial charge in [-0.1, -0.05) is 0 Å². The minimum Gasteiger partial charge on any atom is -0.507 e. The molecule has 2 aromatic carbocycles. The molecule has 7 N–H and O–H groups in total. The fraction of sp³-hybridized carbons (Fsp3) is 0.364. The van der Waals surface area contributed by atoms with Gasteiger partial charge in [0.15, 0.2) is 0 Å². The first-order chi connectivity index (χ1) is 15.5. The number of phenols is 2. The summed E-state index contributed by atoms with van der Waals surface area (Å²) in [5.41, 5.74) is 1.38. The Morgan fingerprint density at radius 3 is 2.21 bits per heavy atom. The Morgan fingerprint density at radius 2 is 1.58 bits per heavy atom. The predicted octanol–water partition coefficient (Wildman–Crippen LogP) is 0.513. The topological polar surface area (TPSA) is 154 Å². The summed E-state index contributed by atoms with van der Waals surface area (Å²) in [6.07, 6.45) is 0. The van der Waals surface area contributed by atoms with Crippen LogP contribution in [0, 0.1) is 0 Å². The van der Waals surface area contributed by atoms with E-state index >= 15 is 0 Å². The molecule has 1 aliphatic heterocycles. The van der Waals surface area contributed by atoms with E-state index in [4.69, 9.17) is 5.11 Å². The third kappa shape index (κ3) is 4.30. The Hall–Kier alpha value is -3.05. The number of aromatic hydroxyl groups is 2. The Bertz CT molecular complexity index is 1080. The number of fused-ring (bicyclic) bond motifs is 4. The Morgan fingerprint density at radius 1 is 0.909 bits per heavy atom. The van der Waals surface area contributed by atoms with Crippen molar-refractivity contribution in [3.8, 4) is 11.5 Å². The number of nitrogens with zero attached hydrogens (tertiary/aromatic N) is 1. The van der Waals surface area contributed by atoms with E-state index in [9.17, 15) is 24.9 Å². The highest BCUT2D eigenvalue weighted by Gasteiger charge is 2.40. The number of hydrogen-bond acceptors (Lipinski definition) is 10. The van der Waals surface area contributed by atoms with Crippen LogP contribution in [-0.2, 0) is 0 Å². The summed E-state index contributed by atoms with van der Waals surface area (Å²) in [6.45, 7) is 2.75. The van der Waals surface area contributed by atoms with Gasteiger partial charge in [-0.3, -0.25) is 9.59 Å². The lowest BCUT2D eigenvalue weighted by Gasteiger charge is -2.35. The van der Waals surface area contributed by atoms with Crippen molar-refractivity contribution in [3.05, 3.63) is 40.5 Å². The van der Waals surface area contributed by atoms with Crippen molar-refractivity contribution in [2.45, 2.75) is 0 Å². The van der Waals surface area contributed by atoms with Crippen molar-refractivity contribution >= 4 is 41.0 Å². The third-order valence-electron chi connectivity index (χ3n) is 5.68. The standard InChI is InChI=1S/C22H26N4O6.ClH/c27-9-6-23-3-4-24-12-11-13-20(25-5-7-26(13)8-10-28)19-16(12)21(31)17-14(29)1-2-15(30)18(17)22(19)32;/h1-2,11,23-25,27-30H,3-10H2;1H. The highest BCUT2D eigenvalue weighted by molar-refractivity contribution is 6.34. The van der Waals surface area contributed by atoms with E-state index in [-0.39, 0.29) is 59.4 Å². The second kappa shape index (κ2) is 10.3. The highest BCUT2D eigenvalue weighted by Crippen LogP contribution is 2.46. The third-order valence-corrected chi connectivity index (χ3v) is 5.68. The molecule has 0 bridgehead atoms. The Labute approximate surface area is 196 Å². The van der Waals surface area contributed by atoms with Gasteiger partial charge >= 0.3 is 0 Å². The molecule has 0 amide bonds. The zero-order valence-electron chi connectivity index (χ0n) is 17.8. The summed E-state index contributed by atoms with van der Waals surface area (Å²) in [6, 6.07) is 4.14. The van der Waals surface area contributed by atoms with E-state index in [0.29, 0.717) is 56.3 Å². The van der Waals surface area contributed by atoms with Crippen LogP contribution in [0.1, 0.15) is 31.8 Å². The van der Waals surface area contributed by atoms with E-state index in [1.807, 2.05) is 4.90 Å². The molecule has 33 heavy (non-hydrogen) atoms. The SMILES string of the molecule is Cl.O=C1c2c(O)ccc(O)c2C(=O)c2c3c(cc(NCCNCCO)c21)N(CCO)CCN3. The summed E-state index contributed by atoms with van der Waals surface area (Å²) in [5.74, 6) is -1.85. The molecule has 4 rings (SSSR count). The van der Waals surface area contributed by atoms with Gasteiger partial charge in [-0.15, -0.1) is 12.4 Å². The number of ketones is 2. The zero-order valence-corrected chi connectivity index (χ0v) is 18.7. The van der Waals surface area contributed by atoms with Crippen molar-refractivity contribution in [2.75, 3.05) is 68.0 Å². The maximum Gasteiger partial charge on any atom is 0.200 e. The van der Waals surface area contributed by atoms with Crippen LogP contribution in [0.25, 0.3) is 0 Å². The molecule has 10 nitrogen and oxygen atoms in total. The fourth-order valence-corrected chi connectivity index (χ4v) is 4.27. The number of benzene rings is 2. The van der Waals surface area contributed by atoms with Crippen LogP contribution in [0.4, 0.5) is 17.1 Å². The first-order valence-electron chi connectivity index (χ1n) is 10.5. The molecule has 2 aliphatic rings. The average molecular weight is 479 g/mol. The number of carbonyl (C=O) groups is 2. The van der Waals surface area contributed by atoms with Crippen LogP contribution >= 0.6 is 12.4 Å². The second-order valence-corrected chi connectivity index (χ2v) is 7.62. The normalized spacial score (nSPS) is 14.1. The molecule has 178 valence electrons. The van der Waals surface area contributed by atoms with Gasteiger partial charge in [-0.05, 0) is 18.2 Å². The lowest BCUT2D eigenvalue weighted by Crippen LogP contribution is -2.38. The quantitative estimate of drug-likeness (QED) is 0.180. The molecule has 0 spiro atoms. The number of nitrogens with one attached hydrogen (secondary N) is 3. The van der Waals surface area contributed by atoms with E-state index in [1.54, 1.807) is 6.07 Å². The predicted molar refractivity (Wildman–Crippen MR) is 127 cm³/mol. The van der Waals surface area contributed by atoms with Crippen molar-refractivity contribution in [3.63, 3.8) is 0 Å². The summed E-state index contributed by atoms with van der Waals surface area (Å²) >= 11 is 0. The number of halogens is 1. The first kappa shape index (κ1) is 24.6. The van der Waals surface area contributed by atoms with Gasteiger partial charge in [0.05, 0.1) is 46.8 Å². The van der Waals surface area contributed by atoms with Gasteiger partial charge in [0, 0.05) is 45.0 Å². The van der Waals surface area contributed by atoms with Crippen LogP contribution in [0.2, 0.25) is 0 Å². The van der Waals surface area contributed by atoms with E-state index in [1.165, 1.54) is 12.1 Å². The summed E-state index contributed by atoms with van der Waals surface area (Å²) in [4.78, 5) is 28.9. The Kier molecular flexibility index (Phi) is 7.65. The summed E-state index contributed by atoms with van der Waals surface area (Å²) in [5, 5.41) is 48.5. The Balaban J connectivity index is 0.00000306. The maximum absolute atomic E-state index is 13.5. The molecule has 1 aliphatic carbocycles. The molecule has 0 saturated carbocycles. The molecule has 0 radical (unpaired) electrons. The average Bonchev–Trinajstić information content (AvgIpc) is 2.78. The molecule has 0 atom stereocenters. The molecule has 0 unspecified atom stereocenters. The number of hydrogen-bond donors (Lipinski definition) is 7. The van der Waals surface area contributed by atoms with Crippen molar-refractivity contribution in [1.82, 2.24) is 5.32 Å². The van der Waals surface area contributed by atoms with Gasteiger partial charge < -0.3 is 41.3 Å². The smallest absolute Gasteiger partial charge is 0.200 e. The van der Waals surface area contributed by atoms with E-state index in [2.05, 4.69) is 16.0 Å². The molecule has 0 aromatic heterocycles.